The molecular formula is C3H11KNO3P. The van der Waals surface area contributed by atoms with Crippen molar-refractivity contribution in [3.63, 3.8) is 0 Å². The van der Waals surface area contributed by atoms with Crippen molar-refractivity contribution >= 4 is 59.6 Å². The quantitative estimate of drug-likeness (QED) is 0.376. The first-order valence-electron chi connectivity index (χ1n) is 2.34. The minimum absolute atomic E-state index is 0. The maximum atomic E-state index is 10.2. The summed E-state index contributed by atoms with van der Waals surface area (Å²) in [6, 6.07) is 0. The van der Waals surface area contributed by atoms with Crippen LogP contribution in [-0.2, 0) is 13.7 Å². The summed E-state index contributed by atoms with van der Waals surface area (Å²) in [6.07, 6.45) is 0.819. The van der Waals surface area contributed by atoms with Gasteiger partial charge >= 0.3 is 59.6 Å². The molecule has 0 aromatic rings. The average molecular weight is 179 g/mol. The van der Waals surface area contributed by atoms with Gasteiger partial charge in [0.05, 0.1) is 6.61 Å². The van der Waals surface area contributed by atoms with Gasteiger partial charge in [0.25, 0.3) is 0 Å². The first kappa shape index (κ1) is 13.3. The van der Waals surface area contributed by atoms with E-state index in [0.717, 1.165) is 6.42 Å². The molecule has 2 N–H and O–H groups in total. The first-order chi connectivity index (χ1) is 3.81. The number of rotatable bonds is 4. The van der Waals surface area contributed by atoms with Crippen LogP contribution in [0.15, 0.2) is 0 Å². The second kappa shape index (κ2) is 9.75. The van der Waals surface area contributed by atoms with E-state index in [1.54, 1.807) is 0 Å². The van der Waals surface area contributed by atoms with Gasteiger partial charge in [0.2, 0.25) is 0 Å². The molecule has 0 fully saturated rings. The van der Waals surface area contributed by atoms with Gasteiger partial charge in [0.1, 0.15) is 0 Å². The molecule has 6 heteroatoms. The van der Waals surface area contributed by atoms with Crippen molar-refractivity contribution in [2.24, 2.45) is 5.90 Å². The van der Waals surface area contributed by atoms with Gasteiger partial charge < -0.3 is 4.52 Å². The van der Waals surface area contributed by atoms with Crippen LogP contribution in [0.25, 0.3) is 0 Å². The van der Waals surface area contributed by atoms with E-state index in [-0.39, 0.29) is 51.4 Å². The molecule has 0 heterocycles. The topological polar surface area (TPSA) is 61.5 Å². The normalized spacial score (nSPS) is 12.2. The molecule has 0 saturated heterocycles. The molecule has 0 spiro atoms. The molecule has 9 heavy (non-hydrogen) atoms. The van der Waals surface area contributed by atoms with Gasteiger partial charge in [-0.15, -0.1) is 0 Å². The Morgan fingerprint density at radius 1 is 1.67 bits per heavy atom. The van der Waals surface area contributed by atoms with Crippen LogP contribution in [-0.4, -0.2) is 58.0 Å². The van der Waals surface area contributed by atoms with Crippen LogP contribution in [0.1, 0.15) is 13.3 Å². The molecule has 1 unspecified atom stereocenters. The molecular weight excluding hydrogens is 168 g/mol. The third-order valence-electron chi connectivity index (χ3n) is 0.520. The van der Waals surface area contributed by atoms with E-state index < -0.39 is 8.25 Å². The Labute approximate surface area is 97.8 Å². The Hall–Kier alpha value is 1.75. The van der Waals surface area contributed by atoms with E-state index in [1.807, 2.05) is 6.92 Å². The molecule has 0 aliphatic rings. The molecule has 0 aliphatic carbocycles. The van der Waals surface area contributed by atoms with Gasteiger partial charge in [-0.3, -0.25) is 4.57 Å². The van der Waals surface area contributed by atoms with Crippen molar-refractivity contribution in [2.45, 2.75) is 13.3 Å². The van der Waals surface area contributed by atoms with E-state index in [2.05, 4.69) is 15.0 Å². The third-order valence-corrected chi connectivity index (χ3v) is 1.15. The predicted molar refractivity (Wildman–Crippen MR) is 37.7 cm³/mol. The zero-order chi connectivity index (χ0) is 6.41. The maximum absolute atomic E-state index is 10.2. The van der Waals surface area contributed by atoms with Gasteiger partial charge in [-0.25, -0.2) is 10.5 Å². The second-order valence-corrected chi connectivity index (χ2v) is 2.24. The van der Waals surface area contributed by atoms with E-state index in [0.29, 0.717) is 6.61 Å². The summed E-state index contributed by atoms with van der Waals surface area (Å²) >= 11 is 0. The van der Waals surface area contributed by atoms with E-state index in [4.69, 9.17) is 0 Å². The van der Waals surface area contributed by atoms with Gasteiger partial charge in [0, 0.05) is 0 Å². The van der Waals surface area contributed by atoms with E-state index >= 15 is 0 Å². The molecule has 0 bridgehead atoms. The van der Waals surface area contributed by atoms with Gasteiger partial charge in [0.15, 0.2) is 0 Å². The standard InChI is InChI=1S/C3H10NO3P.K.H/c1-2-3-6-8(5)7-4;;/h8H,2-4H2,1H3;;. The Morgan fingerprint density at radius 2 is 2.22 bits per heavy atom. The van der Waals surface area contributed by atoms with Crippen LogP contribution in [0, 0.1) is 0 Å². The molecule has 0 aromatic heterocycles. The molecule has 0 amide bonds. The Bertz CT molecular complexity index is 81.5. The fraction of sp³-hybridized carbons (Fsp3) is 1.00. The summed E-state index contributed by atoms with van der Waals surface area (Å²) in [7, 11) is -2.36. The zero-order valence-corrected chi connectivity index (χ0v) is 5.72. The van der Waals surface area contributed by atoms with Crippen molar-refractivity contribution in [1.82, 2.24) is 0 Å². The summed E-state index contributed by atoms with van der Waals surface area (Å²) in [5, 5.41) is 0. The number of nitrogens with two attached hydrogens (primary N) is 1. The zero-order valence-electron chi connectivity index (χ0n) is 4.72. The van der Waals surface area contributed by atoms with Crippen LogP contribution in [0.2, 0.25) is 0 Å². The number of hydrogen-bond acceptors (Lipinski definition) is 4. The Kier molecular flexibility index (Phi) is 14.5. The Morgan fingerprint density at radius 3 is 2.56 bits per heavy atom. The third kappa shape index (κ3) is 9.75. The van der Waals surface area contributed by atoms with Crippen molar-refractivity contribution in [3.8, 4) is 0 Å². The molecule has 0 aliphatic heterocycles. The van der Waals surface area contributed by atoms with Crippen molar-refractivity contribution < 1.29 is 13.7 Å². The van der Waals surface area contributed by atoms with Crippen LogP contribution >= 0.6 is 8.25 Å². The molecule has 0 radical (unpaired) electrons. The summed E-state index contributed by atoms with van der Waals surface area (Å²) in [6.45, 7) is 2.35. The molecule has 4 nitrogen and oxygen atoms in total. The Balaban J connectivity index is 0. The van der Waals surface area contributed by atoms with Gasteiger partial charge in [-0.05, 0) is 6.42 Å². The summed E-state index contributed by atoms with van der Waals surface area (Å²) in [5.41, 5.74) is 0. The van der Waals surface area contributed by atoms with Gasteiger partial charge in [-0.2, -0.15) is 0 Å². The summed E-state index contributed by atoms with van der Waals surface area (Å²) in [4.78, 5) is 0. The summed E-state index contributed by atoms with van der Waals surface area (Å²) in [5.74, 6) is 4.52. The number of hydrogen-bond donors (Lipinski definition) is 1. The summed E-state index contributed by atoms with van der Waals surface area (Å²) < 4.78 is 18.6. The minimum atomic E-state index is -2.36. The average Bonchev–Trinajstić information content (AvgIpc) is 1.83. The fourth-order valence-corrected chi connectivity index (χ4v) is 0.658. The van der Waals surface area contributed by atoms with Gasteiger partial charge in [-0.1, -0.05) is 6.92 Å². The van der Waals surface area contributed by atoms with E-state index in [9.17, 15) is 4.57 Å². The van der Waals surface area contributed by atoms with Crippen molar-refractivity contribution in [1.29, 1.82) is 0 Å². The second-order valence-electron chi connectivity index (χ2n) is 1.22. The molecule has 1 atom stereocenters. The van der Waals surface area contributed by atoms with Crippen LogP contribution in [0.5, 0.6) is 0 Å². The first-order valence-corrected chi connectivity index (χ1v) is 3.57. The fourth-order valence-electron chi connectivity index (χ4n) is 0.219. The van der Waals surface area contributed by atoms with Crippen molar-refractivity contribution in [3.05, 3.63) is 0 Å². The molecule has 0 rings (SSSR count). The van der Waals surface area contributed by atoms with E-state index in [1.165, 1.54) is 0 Å². The van der Waals surface area contributed by atoms with Crippen LogP contribution < -0.4 is 5.90 Å². The molecule has 52 valence electrons. The van der Waals surface area contributed by atoms with Crippen LogP contribution in [0.3, 0.4) is 0 Å². The SMILES string of the molecule is CCCO[PH](=O)ON.[KH]. The molecule has 0 aromatic carbocycles. The predicted octanol–water partition coefficient (Wildman–Crippen LogP) is 0.0445. The molecule has 0 saturated carbocycles. The monoisotopic (exact) mass is 179 g/mol. The van der Waals surface area contributed by atoms with Crippen LogP contribution in [0.4, 0.5) is 0 Å². The van der Waals surface area contributed by atoms with Crippen molar-refractivity contribution in [2.75, 3.05) is 6.61 Å².